The van der Waals surface area contributed by atoms with Gasteiger partial charge in [-0.25, -0.2) is 0 Å². The van der Waals surface area contributed by atoms with Gasteiger partial charge in [0.2, 0.25) is 0 Å². The van der Waals surface area contributed by atoms with E-state index in [9.17, 15) is 4.79 Å². The first-order valence-electron chi connectivity index (χ1n) is 7.10. The number of halogens is 1. The van der Waals surface area contributed by atoms with Crippen molar-refractivity contribution in [1.29, 1.82) is 0 Å². The molecule has 1 fully saturated rings. The van der Waals surface area contributed by atoms with E-state index in [1.807, 2.05) is 18.7 Å². The van der Waals surface area contributed by atoms with Crippen molar-refractivity contribution in [2.75, 3.05) is 0 Å². The van der Waals surface area contributed by atoms with Crippen LogP contribution in [0.2, 0.25) is 0 Å². The topological polar surface area (TPSA) is 34.9 Å². The second-order valence-corrected chi connectivity index (χ2v) is 6.91. The maximum absolute atomic E-state index is 12.2. The van der Waals surface area contributed by atoms with Gasteiger partial charge in [0.15, 0.2) is 0 Å². The Morgan fingerprint density at radius 2 is 2.16 bits per heavy atom. The van der Waals surface area contributed by atoms with Gasteiger partial charge < -0.3 is 0 Å². The average molecular weight is 327 g/mol. The summed E-state index contributed by atoms with van der Waals surface area (Å²) in [7, 11) is 1.96. The average Bonchev–Trinajstić information content (AvgIpc) is 2.58. The highest BCUT2D eigenvalue weighted by Crippen LogP contribution is 2.34. The number of hydrogen-bond acceptors (Lipinski definition) is 2. The zero-order valence-electron chi connectivity index (χ0n) is 12.2. The fourth-order valence-corrected chi connectivity index (χ4v) is 3.58. The second kappa shape index (κ2) is 5.78. The fraction of sp³-hybridized carbons (Fsp3) is 0.733. The van der Waals surface area contributed by atoms with Crippen LogP contribution >= 0.6 is 15.9 Å². The lowest BCUT2D eigenvalue weighted by molar-refractivity contribution is -0.126. The summed E-state index contributed by atoms with van der Waals surface area (Å²) in [4.78, 5) is 12.2. The van der Waals surface area contributed by atoms with Crippen molar-refractivity contribution in [3.63, 3.8) is 0 Å². The molecular weight excluding hydrogens is 304 g/mol. The van der Waals surface area contributed by atoms with Crippen molar-refractivity contribution in [3.05, 3.63) is 15.9 Å². The Kier molecular flexibility index (Phi) is 4.49. The van der Waals surface area contributed by atoms with Gasteiger partial charge in [-0.2, -0.15) is 5.10 Å². The zero-order chi connectivity index (χ0) is 14.2. The summed E-state index contributed by atoms with van der Waals surface area (Å²) in [6, 6.07) is 0. The Bertz CT molecular complexity index is 479. The summed E-state index contributed by atoms with van der Waals surface area (Å²) >= 11 is 3.60. The fourth-order valence-electron chi connectivity index (χ4n) is 3.08. The summed E-state index contributed by atoms with van der Waals surface area (Å²) in [5, 5.41) is 4.41. The maximum atomic E-state index is 12.2. The van der Waals surface area contributed by atoms with E-state index in [-0.39, 0.29) is 5.92 Å². The molecule has 0 saturated heterocycles. The highest BCUT2D eigenvalue weighted by Gasteiger charge is 2.31. The Balaban J connectivity index is 2.14. The standard InChI is InChI=1S/C15H23BrN2O/c1-9(2)11-5-6-14(19)12(7-11)8-13-15(16)10(3)17-18(13)4/h9,11-12H,5-8H2,1-4H3. The number of nitrogens with zero attached hydrogens (tertiary/aromatic N) is 2. The predicted molar refractivity (Wildman–Crippen MR) is 80.0 cm³/mol. The van der Waals surface area contributed by atoms with E-state index in [0.29, 0.717) is 17.6 Å². The quantitative estimate of drug-likeness (QED) is 0.849. The number of carbonyl (C=O) groups excluding carboxylic acids is 1. The molecule has 1 heterocycles. The van der Waals surface area contributed by atoms with Gasteiger partial charge in [0.1, 0.15) is 5.78 Å². The number of aromatic nitrogens is 2. The normalized spacial score (nSPS) is 24.2. The van der Waals surface area contributed by atoms with E-state index >= 15 is 0 Å². The molecule has 1 saturated carbocycles. The van der Waals surface area contributed by atoms with Crippen LogP contribution in [0, 0.1) is 24.7 Å². The molecule has 19 heavy (non-hydrogen) atoms. The van der Waals surface area contributed by atoms with Gasteiger partial charge in [-0.05, 0) is 47.5 Å². The summed E-state index contributed by atoms with van der Waals surface area (Å²) in [6.45, 7) is 6.52. The van der Waals surface area contributed by atoms with Crippen molar-refractivity contribution < 1.29 is 4.79 Å². The van der Waals surface area contributed by atoms with E-state index in [4.69, 9.17) is 0 Å². The first kappa shape index (κ1) is 14.8. The minimum absolute atomic E-state index is 0.173. The molecule has 1 aromatic rings. The van der Waals surface area contributed by atoms with Crippen LogP contribution in [-0.4, -0.2) is 15.6 Å². The summed E-state index contributed by atoms with van der Waals surface area (Å²) < 4.78 is 2.97. The second-order valence-electron chi connectivity index (χ2n) is 6.12. The van der Waals surface area contributed by atoms with Gasteiger partial charge in [-0.15, -0.1) is 0 Å². The van der Waals surface area contributed by atoms with Crippen LogP contribution in [0.5, 0.6) is 0 Å². The van der Waals surface area contributed by atoms with Crippen LogP contribution in [0.1, 0.15) is 44.5 Å². The van der Waals surface area contributed by atoms with Gasteiger partial charge in [-0.1, -0.05) is 13.8 Å². The molecule has 4 heteroatoms. The molecule has 2 rings (SSSR count). The minimum Gasteiger partial charge on any atom is -0.299 e. The Morgan fingerprint density at radius 3 is 2.68 bits per heavy atom. The molecule has 2 unspecified atom stereocenters. The molecular formula is C15H23BrN2O. The lowest BCUT2D eigenvalue weighted by atomic mass is 9.74. The van der Waals surface area contributed by atoms with Crippen molar-refractivity contribution in [2.24, 2.45) is 24.8 Å². The lowest BCUT2D eigenvalue weighted by Gasteiger charge is -2.30. The van der Waals surface area contributed by atoms with Gasteiger partial charge >= 0.3 is 0 Å². The van der Waals surface area contributed by atoms with Crippen molar-refractivity contribution in [2.45, 2.75) is 46.5 Å². The van der Waals surface area contributed by atoms with Crippen LogP contribution in [-0.2, 0) is 18.3 Å². The van der Waals surface area contributed by atoms with Crippen LogP contribution < -0.4 is 0 Å². The van der Waals surface area contributed by atoms with E-state index in [0.717, 1.165) is 41.5 Å². The third-order valence-corrected chi connectivity index (χ3v) is 5.48. The molecule has 0 bridgehead atoms. The van der Waals surface area contributed by atoms with Crippen LogP contribution in [0.3, 0.4) is 0 Å². The lowest BCUT2D eigenvalue weighted by Crippen LogP contribution is -2.29. The van der Waals surface area contributed by atoms with E-state index in [1.54, 1.807) is 0 Å². The van der Waals surface area contributed by atoms with Crippen LogP contribution in [0.4, 0.5) is 0 Å². The number of carbonyl (C=O) groups is 1. The number of aryl methyl sites for hydroxylation is 2. The molecule has 106 valence electrons. The third kappa shape index (κ3) is 3.10. The molecule has 0 aromatic carbocycles. The third-order valence-electron chi connectivity index (χ3n) is 4.45. The Hall–Kier alpha value is -0.640. The van der Waals surface area contributed by atoms with Gasteiger partial charge in [-0.3, -0.25) is 9.48 Å². The van der Waals surface area contributed by atoms with E-state index < -0.39 is 0 Å². The van der Waals surface area contributed by atoms with Gasteiger partial charge in [0, 0.05) is 25.8 Å². The summed E-state index contributed by atoms with van der Waals surface area (Å²) in [5.41, 5.74) is 2.15. The molecule has 0 amide bonds. The van der Waals surface area contributed by atoms with Crippen LogP contribution in [0.15, 0.2) is 4.47 Å². The summed E-state index contributed by atoms with van der Waals surface area (Å²) in [6.07, 6.45) is 3.67. The molecule has 0 aliphatic heterocycles. The molecule has 3 nitrogen and oxygen atoms in total. The first-order chi connectivity index (χ1) is 8.90. The van der Waals surface area contributed by atoms with Gasteiger partial charge in [0.05, 0.1) is 15.9 Å². The smallest absolute Gasteiger partial charge is 0.136 e. The first-order valence-corrected chi connectivity index (χ1v) is 7.90. The zero-order valence-corrected chi connectivity index (χ0v) is 13.8. The predicted octanol–water partition coefficient (Wildman–Crippen LogP) is 3.67. The molecule has 0 N–H and O–H groups in total. The van der Waals surface area contributed by atoms with E-state index in [1.165, 1.54) is 0 Å². The molecule has 1 aromatic heterocycles. The molecule has 1 aliphatic carbocycles. The minimum atomic E-state index is 0.173. The number of Topliss-reactive ketones (excluding diaryl/α,β-unsaturated/α-hetero) is 1. The monoisotopic (exact) mass is 326 g/mol. The highest BCUT2D eigenvalue weighted by molar-refractivity contribution is 9.10. The summed E-state index contributed by atoms with van der Waals surface area (Å²) in [5.74, 6) is 1.97. The van der Waals surface area contributed by atoms with Gasteiger partial charge in [0.25, 0.3) is 0 Å². The van der Waals surface area contributed by atoms with Crippen molar-refractivity contribution in [3.8, 4) is 0 Å². The van der Waals surface area contributed by atoms with Crippen molar-refractivity contribution >= 4 is 21.7 Å². The van der Waals surface area contributed by atoms with Crippen molar-refractivity contribution in [1.82, 2.24) is 9.78 Å². The number of hydrogen-bond donors (Lipinski definition) is 0. The number of rotatable bonds is 3. The molecule has 2 atom stereocenters. The molecule has 1 aliphatic rings. The Labute approximate surface area is 123 Å². The molecule has 0 radical (unpaired) electrons. The van der Waals surface area contributed by atoms with Crippen LogP contribution in [0.25, 0.3) is 0 Å². The number of ketones is 1. The molecule has 0 spiro atoms. The Morgan fingerprint density at radius 1 is 1.47 bits per heavy atom. The maximum Gasteiger partial charge on any atom is 0.136 e. The SMILES string of the molecule is Cc1nn(C)c(CC2CC(C(C)C)CCC2=O)c1Br. The van der Waals surface area contributed by atoms with E-state index in [2.05, 4.69) is 34.9 Å². The highest BCUT2D eigenvalue weighted by atomic mass is 79.9. The largest absolute Gasteiger partial charge is 0.299 e.